The number of fused-ring (bicyclic) bond motifs is 1. The van der Waals surface area contributed by atoms with Crippen LogP contribution in [0.15, 0.2) is 48.5 Å². The molecule has 0 saturated heterocycles. The van der Waals surface area contributed by atoms with E-state index in [0.29, 0.717) is 26.7 Å². The van der Waals surface area contributed by atoms with Gasteiger partial charge in [0.15, 0.2) is 0 Å². The fourth-order valence-electron chi connectivity index (χ4n) is 3.62. The molecule has 2 heterocycles. The predicted octanol–water partition coefficient (Wildman–Crippen LogP) is 5.69. The average molecular weight is 442 g/mol. The Morgan fingerprint density at radius 1 is 1.12 bits per heavy atom. The molecule has 0 atom stereocenters. The average Bonchev–Trinajstić information content (AvgIpc) is 3.11. The molecule has 32 heavy (non-hydrogen) atoms. The zero-order chi connectivity index (χ0) is 23.0. The highest BCUT2D eigenvalue weighted by Crippen LogP contribution is 2.44. The Kier molecular flexibility index (Phi) is 5.56. The highest BCUT2D eigenvalue weighted by molar-refractivity contribution is 7.24. The monoisotopic (exact) mass is 441 g/mol. The Balaban J connectivity index is 1.94. The number of nitrogens with one attached hydrogen (secondary N) is 1. The topological polar surface area (TPSA) is 118 Å². The molecule has 0 bridgehead atoms. The van der Waals surface area contributed by atoms with Crippen LogP contribution in [0.2, 0.25) is 0 Å². The van der Waals surface area contributed by atoms with Gasteiger partial charge in [0, 0.05) is 11.3 Å². The number of aromatic nitrogens is 1. The lowest BCUT2D eigenvalue weighted by Gasteiger charge is -2.09. The normalized spacial score (nSPS) is 11.0. The summed E-state index contributed by atoms with van der Waals surface area (Å²) in [5.41, 5.74) is 17.5. The van der Waals surface area contributed by atoms with Crippen LogP contribution in [0.4, 0.5) is 16.5 Å². The van der Waals surface area contributed by atoms with Crippen LogP contribution in [0.5, 0.6) is 0 Å². The number of nitrogens with two attached hydrogens (primary N) is 2. The molecule has 0 fully saturated rings. The summed E-state index contributed by atoms with van der Waals surface area (Å²) in [4.78, 5) is 16.8. The molecule has 0 spiro atoms. The third-order valence-electron chi connectivity index (χ3n) is 5.38. The first-order valence-corrected chi connectivity index (χ1v) is 11.0. The van der Waals surface area contributed by atoms with Crippen LogP contribution in [0.25, 0.3) is 21.3 Å². The molecule has 4 aromatic rings. The van der Waals surface area contributed by atoms with Gasteiger partial charge in [-0.15, -0.1) is 11.3 Å². The number of rotatable bonds is 5. The van der Waals surface area contributed by atoms with Crippen molar-refractivity contribution in [1.82, 2.24) is 4.98 Å². The quantitative estimate of drug-likeness (QED) is 0.368. The molecule has 0 saturated carbocycles. The second-order valence-electron chi connectivity index (χ2n) is 7.97. The fourth-order valence-corrected chi connectivity index (χ4v) is 4.86. The van der Waals surface area contributed by atoms with Gasteiger partial charge in [0.25, 0.3) is 5.91 Å². The summed E-state index contributed by atoms with van der Waals surface area (Å²) in [5.74, 6) is -0.115. The van der Waals surface area contributed by atoms with Gasteiger partial charge < -0.3 is 16.8 Å². The molecule has 160 valence electrons. The molecular weight excluding hydrogens is 418 g/mol. The van der Waals surface area contributed by atoms with Gasteiger partial charge in [-0.2, -0.15) is 5.26 Å². The lowest BCUT2D eigenvalue weighted by atomic mass is 9.99. The van der Waals surface area contributed by atoms with Crippen molar-refractivity contribution >= 4 is 44.0 Å². The number of nitriles is 1. The number of anilines is 3. The Morgan fingerprint density at radius 3 is 2.34 bits per heavy atom. The van der Waals surface area contributed by atoms with E-state index >= 15 is 0 Å². The highest BCUT2D eigenvalue weighted by Gasteiger charge is 2.25. The van der Waals surface area contributed by atoms with Crippen molar-refractivity contribution in [2.24, 2.45) is 5.73 Å². The largest absolute Gasteiger partial charge is 0.383 e. The van der Waals surface area contributed by atoms with E-state index in [2.05, 4.69) is 30.2 Å². The molecule has 2 aromatic carbocycles. The van der Waals surface area contributed by atoms with E-state index in [-0.39, 0.29) is 16.9 Å². The smallest absolute Gasteiger partial charge is 0.253 e. The van der Waals surface area contributed by atoms with Crippen LogP contribution >= 0.6 is 11.3 Å². The maximum absolute atomic E-state index is 12.4. The molecule has 0 unspecified atom stereocenters. The maximum atomic E-state index is 12.4. The number of primary amides is 1. The lowest BCUT2D eigenvalue weighted by Crippen LogP contribution is -2.13. The number of benzene rings is 2. The minimum absolute atomic E-state index is 0.0729. The maximum Gasteiger partial charge on any atom is 0.253 e. The minimum Gasteiger partial charge on any atom is -0.383 e. The summed E-state index contributed by atoms with van der Waals surface area (Å²) in [7, 11) is 0. The number of nitrogens with zero attached hydrogens (tertiary/aromatic N) is 2. The van der Waals surface area contributed by atoms with Crippen molar-refractivity contribution in [2.75, 3.05) is 11.1 Å². The molecule has 7 heteroatoms. The second-order valence-corrected chi connectivity index (χ2v) is 9.00. The number of pyridine rings is 1. The van der Waals surface area contributed by atoms with Crippen molar-refractivity contribution in [1.29, 1.82) is 5.26 Å². The third kappa shape index (κ3) is 3.77. The van der Waals surface area contributed by atoms with Gasteiger partial charge in [-0.25, -0.2) is 4.98 Å². The zero-order valence-corrected chi connectivity index (χ0v) is 18.9. The summed E-state index contributed by atoms with van der Waals surface area (Å²) < 4.78 is 0.690. The van der Waals surface area contributed by atoms with Gasteiger partial charge in [-0.1, -0.05) is 55.8 Å². The number of thiophene rings is 1. The first-order valence-electron chi connectivity index (χ1n) is 10.2. The molecule has 1 amide bonds. The zero-order valence-electron chi connectivity index (χ0n) is 18.1. The van der Waals surface area contributed by atoms with Gasteiger partial charge in [0.05, 0.1) is 10.2 Å². The van der Waals surface area contributed by atoms with Gasteiger partial charge in [-0.05, 0) is 36.1 Å². The SMILES string of the molecule is Cc1ccc(-c2c(C#N)c(N)nc3c(C(N)=O)c(Nc4ccc(C(C)C)cc4)sc23)cc1. The first kappa shape index (κ1) is 21.3. The van der Waals surface area contributed by atoms with Gasteiger partial charge in [-0.3, -0.25) is 4.79 Å². The number of aryl methyl sites for hydroxylation is 1. The Hall–Kier alpha value is -3.89. The molecule has 0 radical (unpaired) electrons. The van der Waals surface area contributed by atoms with E-state index in [1.807, 2.05) is 55.5 Å². The minimum atomic E-state index is -0.607. The van der Waals surface area contributed by atoms with E-state index in [0.717, 1.165) is 16.8 Å². The number of hydrogen-bond donors (Lipinski definition) is 3. The van der Waals surface area contributed by atoms with Crippen molar-refractivity contribution < 1.29 is 4.79 Å². The number of nitrogen functional groups attached to an aromatic ring is 1. The molecule has 5 N–H and O–H groups in total. The van der Waals surface area contributed by atoms with Gasteiger partial charge in [0.2, 0.25) is 0 Å². The summed E-state index contributed by atoms with van der Waals surface area (Å²) in [5, 5.41) is 13.7. The van der Waals surface area contributed by atoms with Crippen LogP contribution in [0.1, 0.15) is 46.8 Å². The summed E-state index contributed by atoms with van der Waals surface area (Å²) in [6.45, 7) is 6.26. The summed E-state index contributed by atoms with van der Waals surface area (Å²) >= 11 is 1.34. The van der Waals surface area contributed by atoms with E-state index in [1.165, 1.54) is 16.9 Å². The van der Waals surface area contributed by atoms with Gasteiger partial charge >= 0.3 is 0 Å². The van der Waals surface area contributed by atoms with Crippen LogP contribution in [-0.4, -0.2) is 10.9 Å². The van der Waals surface area contributed by atoms with Crippen LogP contribution < -0.4 is 16.8 Å². The summed E-state index contributed by atoms with van der Waals surface area (Å²) in [6, 6.07) is 18.0. The third-order valence-corrected chi connectivity index (χ3v) is 6.49. The molecule has 0 aliphatic heterocycles. The second kappa shape index (κ2) is 8.33. The first-order chi connectivity index (χ1) is 15.3. The molecule has 2 aromatic heterocycles. The fraction of sp³-hybridized carbons (Fsp3) is 0.160. The van der Waals surface area contributed by atoms with Crippen LogP contribution in [0.3, 0.4) is 0 Å². The molecule has 4 rings (SSSR count). The Morgan fingerprint density at radius 2 is 1.78 bits per heavy atom. The number of carbonyl (C=O) groups excluding carboxylic acids is 1. The molecule has 0 aliphatic carbocycles. The lowest BCUT2D eigenvalue weighted by molar-refractivity contribution is 0.100. The van der Waals surface area contributed by atoms with E-state index in [9.17, 15) is 10.1 Å². The van der Waals surface area contributed by atoms with Crippen molar-refractivity contribution in [2.45, 2.75) is 26.7 Å². The predicted molar refractivity (Wildman–Crippen MR) is 131 cm³/mol. The van der Waals surface area contributed by atoms with Crippen LogP contribution in [0, 0.1) is 18.3 Å². The number of carbonyl (C=O) groups is 1. The van der Waals surface area contributed by atoms with Crippen molar-refractivity contribution in [3.63, 3.8) is 0 Å². The highest BCUT2D eigenvalue weighted by atomic mass is 32.1. The molecule has 0 aliphatic rings. The Labute approximate surface area is 190 Å². The number of amides is 1. The van der Waals surface area contributed by atoms with E-state index in [4.69, 9.17) is 11.5 Å². The van der Waals surface area contributed by atoms with E-state index in [1.54, 1.807) is 0 Å². The molecular formula is C25H23N5OS. The van der Waals surface area contributed by atoms with Crippen molar-refractivity contribution in [3.8, 4) is 17.2 Å². The number of hydrogen-bond acceptors (Lipinski definition) is 6. The van der Waals surface area contributed by atoms with Crippen LogP contribution in [-0.2, 0) is 0 Å². The van der Waals surface area contributed by atoms with Gasteiger partial charge in [0.1, 0.15) is 28.0 Å². The summed E-state index contributed by atoms with van der Waals surface area (Å²) in [6.07, 6.45) is 0. The van der Waals surface area contributed by atoms with Crippen molar-refractivity contribution in [3.05, 3.63) is 70.8 Å². The molecule has 6 nitrogen and oxygen atoms in total. The standard InChI is InChI=1S/C25H23N5OS/c1-13(2)15-8-10-17(11-9-15)29-25-20(24(28)31)21-22(32-25)19(18(12-26)23(27)30-21)16-6-4-14(3)5-7-16/h4-11,13,29H,1-3H3,(H2,27,30)(H2,28,31). The Bertz CT molecular complexity index is 1360. The van der Waals surface area contributed by atoms with E-state index < -0.39 is 5.91 Å².